The van der Waals surface area contributed by atoms with Crippen molar-refractivity contribution in [1.29, 1.82) is 0 Å². The third kappa shape index (κ3) is 4.84. The highest BCUT2D eigenvalue weighted by Gasteiger charge is 2.10. The van der Waals surface area contributed by atoms with Crippen molar-refractivity contribution in [3.05, 3.63) is 34.6 Å². The quantitative estimate of drug-likeness (QED) is 0.851. The van der Waals surface area contributed by atoms with E-state index in [1.54, 1.807) is 6.07 Å². The van der Waals surface area contributed by atoms with Gasteiger partial charge in [0.2, 0.25) is 0 Å². The van der Waals surface area contributed by atoms with Gasteiger partial charge in [0.15, 0.2) is 0 Å². The molecule has 0 bridgehead atoms. The number of halogens is 2. The number of ketones is 1. The molecule has 0 radical (unpaired) electrons. The van der Waals surface area contributed by atoms with Gasteiger partial charge in [-0.2, -0.15) is 0 Å². The maximum absolute atomic E-state index is 13.1. The van der Waals surface area contributed by atoms with E-state index in [4.69, 9.17) is 17.3 Å². The summed E-state index contributed by atoms with van der Waals surface area (Å²) in [7, 11) is 0. The average Bonchev–Trinajstić information content (AvgIpc) is 2.23. The van der Waals surface area contributed by atoms with Crippen LogP contribution in [0.5, 0.6) is 0 Å². The van der Waals surface area contributed by atoms with Crippen molar-refractivity contribution in [2.24, 2.45) is 5.73 Å². The molecule has 1 rings (SSSR count). The van der Waals surface area contributed by atoms with E-state index in [0.29, 0.717) is 12.0 Å². The summed E-state index contributed by atoms with van der Waals surface area (Å²) in [6.45, 7) is 2.03. The lowest BCUT2D eigenvalue weighted by Crippen LogP contribution is -2.24. The van der Waals surface area contributed by atoms with Crippen LogP contribution in [0.25, 0.3) is 0 Å². The molecule has 0 fully saturated rings. The van der Waals surface area contributed by atoms with Crippen molar-refractivity contribution < 1.29 is 9.18 Å². The minimum atomic E-state index is -0.491. The number of benzene rings is 1. The molecule has 4 heteroatoms. The van der Waals surface area contributed by atoms with Crippen molar-refractivity contribution in [1.82, 2.24) is 0 Å². The zero-order valence-electron chi connectivity index (χ0n) is 9.88. The summed E-state index contributed by atoms with van der Waals surface area (Å²) >= 11 is 5.56. The Labute approximate surface area is 106 Å². The predicted molar refractivity (Wildman–Crippen MR) is 67.6 cm³/mol. The standard InChI is InChI=1S/C13H17ClFNO/c1-2-3-10(16)8-11(17)6-9-4-5-12(14)13(15)7-9/h4-5,7,10H,2-3,6,8,16H2,1H3. The highest BCUT2D eigenvalue weighted by molar-refractivity contribution is 6.30. The summed E-state index contributed by atoms with van der Waals surface area (Å²) in [6, 6.07) is 4.33. The number of carbonyl (C=O) groups is 1. The minimum Gasteiger partial charge on any atom is -0.327 e. The second kappa shape index (κ2) is 6.72. The van der Waals surface area contributed by atoms with Gasteiger partial charge in [0.1, 0.15) is 11.6 Å². The van der Waals surface area contributed by atoms with Crippen molar-refractivity contribution in [2.75, 3.05) is 0 Å². The summed E-state index contributed by atoms with van der Waals surface area (Å²) in [5, 5.41) is 0.0730. The maximum atomic E-state index is 13.1. The molecule has 1 aromatic rings. The van der Waals surface area contributed by atoms with Crippen LogP contribution in [0.4, 0.5) is 4.39 Å². The van der Waals surface area contributed by atoms with Crippen LogP contribution in [-0.2, 0) is 11.2 Å². The molecule has 0 amide bonds. The summed E-state index contributed by atoms with van der Waals surface area (Å²) in [6.07, 6.45) is 2.36. The number of Topliss-reactive ketones (excluding diaryl/α,β-unsaturated/α-hetero) is 1. The smallest absolute Gasteiger partial charge is 0.142 e. The number of hydrogen-bond donors (Lipinski definition) is 1. The van der Waals surface area contributed by atoms with Gasteiger partial charge in [0, 0.05) is 18.9 Å². The molecule has 0 aromatic heterocycles. The van der Waals surface area contributed by atoms with Gasteiger partial charge in [0.05, 0.1) is 5.02 Å². The van der Waals surface area contributed by atoms with E-state index in [0.717, 1.165) is 12.8 Å². The van der Waals surface area contributed by atoms with Crippen molar-refractivity contribution in [3.8, 4) is 0 Å². The predicted octanol–water partition coefficient (Wildman–Crippen LogP) is 3.11. The van der Waals surface area contributed by atoms with Crippen molar-refractivity contribution in [2.45, 2.75) is 38.6 Å². The molecule has 0 saturated carbocycles. The van der Waals surface area contributed by atoms with E-state index < -0.39 is 5.82 Å². The Morgan fingerprint density at radius 1 is 1.53 bits per heavy atom. The number of rotatable bonds is 6. The largest absolute Gasteiger partial charge is 0.327 e. The van der Waals surface area contributed by atoms with E-state index in [9.17, 15) is 9.18 Å². The van der Waals surface area contributed by atoms with Crippen LogP contribution >= 0.6 is 11.6 Å². The monoisotopic (exact) mass is 257 g/mol. The van der Waals surface area contributed by atoms with Gasteiger partial charge in [-0.3, -0.25) is 4.79 Å². The highest BCUT2D eigenvalue weighted by atomic mass is 35.5. The average molecular weight is 258 g/mol. The first-order chi connectivity index (χ1) is 8.02. The molecule has 94 valence electrons. The molecule has 0 heterocycles. The molecule has 0 saturated heterocycles. The molecule has 0 aliphatic carbocycles. The van der Waals surface area contributed by atoms with Gasteiger partial charge in [-0.1, -0.05) is 31.0 Å². The number of hydrogen-bond acceptors (Lipinski definition) is 2. The highest BCUT2D eigenvalue weighted by Crippen LogP contribution is 2.16. The Kier molecular flexibility index (Phi) is 5.59. The Morgan fingerprint density at radius 2 is 2.24 bits per heavy atom. The first kappa shape index (κ1) is 14.1. The maximum Gasteiger partial charge on any atom is 0.142 e. The summed E-state index contributed by atoms with van der Waals surface area (Å²) in [5.74, 6) is -0.456. The lowest BCUT2D eigenvalue weighted by Gasteiger charge is -2.09. The summed E-state index contributed by atoms with van der Waals surface area (Å²) in [5.41, 5.74) is 6.42. The molecule has 0 aliphatic heterocycles. The molecular weight excluding hydrogens is 241 g/mol. The normalized spacial score (nSPS) is 12.5. The summed E-state index contributed by atoms with van der Waals surface area (Å²) in [4.78, 5) is 11.7. The lowest BCUT2D eigenvalue weighted by atomic mass is 10.0. The Morgan fingerprint density at radius 3 is 2.82 bits per heavy atom. The molecule has 0 aliphatic rings. The molecule has 1 aromatic carbocycles. The number of carbonyl (C=O) groups excluding carboxylic acids is 1. The Balaban J connectivity index is 2.53. The van der Waals surface area contributed by atoms with Crippen LogP contribution in [0.2, 0.25) is 5.02 Å². The van der Waals surface area contributed by atoms with Gasteiger partial charge in [-0.15, -0.1) is 0 Å². The zero-order chi connectivity index (χ0) is 12.8. The Bertz CT molecular complexity index is 395. The third-order valence-electron chi connectivity index (χ3n) is 2.53. The summed E-state index contributed by atoms with van der Waals surface area (Å²) < 4.78 is 13.1. The van der Waals surface area contributed by atoms with Gasteiger partial charge in [-0.05, 0) is 24.1 Å². The molecule has 1 atom stereocenters. The van der Waals surface area contributed by atoms with Crippen LogP contribution < -0.4 is 5.73 Å². The molecule has 2 nitrogen and oxygen atoms in total. The van der Waals surface area contributed by atoms with Crippen LogP contribution in [0, 0.1) is 5.82 Å². The SMILES string of the molecule is CCCC(N)CC(=O)Cc1ccc(Cl)c(F)c1. The van der Waals surface area contributed by atoms with Gasteiger partial charge >= 0.3 is 0 Å². The second-order valence-corrected chi connectivity index (χ2v) is 4.62. The first-order valence-corrected chi connectivity index (χ1v) is 6.12. The van der Waals surface area contributed by atoms with Crippen molar-refractivity contribution >= 4 is 17.4 Å². The molecule has 1 unspecified atom stereocenters. The first-order valence-electron chi connectivity index (χ1n) is 5.74. The molecule has 2 N–H and O–H groups in total. The van der Waals surface area contributed by atoms with E-state index in [1.165, 1.54) is 12.1 Å². The van der Waals surface area contributed by atoms with E-state index in [-0.39, 0.29) is 23.3 Å². The van der Waals surface area contributed by atoms with E-state index in [1.807, 2.05) is 6.92 Å². The fourth-order valence-corrected chi connectivity index (χ4v) is 1.83. The van der Waals surface area contributed by atoms with Crippen LogP contribution in [-0.4, -0.2) is 11.8 Å². The minimum absolute atomic E-state index is 0.0349. The van der Waals surface area contributed by atoms with E-state index in [2.05, 4.69) is 0 Å². The third-order valence-corrected chi connectivity index (χ3v) is 2.84. The van der Waals surface area contributed by atoms with Crippen LogP contribution in [0.3, 0.4) is 0 Å². The van der Waals surface area contributed by atoms with Crippen molar-refractivity contribution in [3.63, 3.8) is 0 Å². The van der Waals surface area contributed by atoms with E-state index >= 15 is 0 Å². The topological polar surface area (TPSA) is 43.1 Å². The van der Waals surface area contributed by atoms with Crippen LogP contribution in [0.1, 0.15) is 31.7 Å². The molecular formula is C13H17ClFNO. The van der Waals surface area contributed by atoms with Gasteiger partial charge in [0.25, 0.3) is 0 Å². The number of nitrogens with two attached hydrogens (primary N) is 1. The van der Waals surface area contributed by atoms with Crippen LogP contribution in [0.15, 0.2) is 18.2 Å². The molecule has 17 heavy (non-hydrogen) atoms. The van der Waals surface area contributed by atoms with Gasteiger partial charge in [-0.25, -0.2) is 4.39 Å². The zero-order valence-corrected chi connectivity index (χ0v) is 10.6. The lowest BCUT2D eigenvalue weighted by molar-refractivity contribution is -0.118. The second-order valence-electron chi connectivity index (χ2n) is 4.22. The molecule has 0 spiro atoms. The Hall–Kier alpha value is -0.930. The fraction of sp³-hybridized carbons (Fsp3) is 0.462. The van der Waals surface area contributed by atoms with Gasteiger partial charge < -0.3 is 5.73 Å². The fourth-order valence-electron chi connectivity index (χ4n) is 1.71.